The molecule has 0 radical (unpaired) electrons. The Labute approximate surface area is 126 Å². The molecule has 2 unspecified atom stereocenters. The Kier molecular flexibility index (Phi) is 7.51. The highest BCUT2D eigenvalue weighted by atomic mass is 16.5. The van der Waals surface area contributed by atoms with Crippen LogP contribution in [-0.4, -0.2) is 18.0 Å². The molecule has 0 heterocycles. The van der Waals surface area contributed by atoms with Crippen LogP contribution in [0.1, 0.15) is 58.1 Å². The fraction of sp³-hybridized carbons (Fsp3) is 0.529. The topological polar surface area (TPSA) is 55.4 Å². The highest BCUT2D eigenvalue weighted by Crippen LogP contribution is 2.11. The maximum absolute atomic E-state index is 12.0. The molecular weight excluding hydrogens is 266 g/mol. The van der Waals surface area contributed by atoms with Crippen molar-refractivity contribution in [2.75, 3.05) is 0 Å². The molecule has 1 rings (SSSR count). The van der Waals surface area contributed by atoms with Crippen LogP contribution in [0.4, 0.5) is 0 Å². The minimum atomic E-state index is -0.759. The average molecular weight is 291 g/mol. The van der Waals surface area contributed by atoms with Crippen LogP contribution in [-0.2, 0) is 14.3 Å². The van der Waals surface area contributed by atoms with Gasteiger partial charge in [0.25, 0.3) is 5.91 Å². The maximum atomic E-state index is 12.0. The van der Waals surface area contributed by atoms with Gasteiger partial charge in [0.15, 0.2) is 6.10 Å². The molecule has 1 aromatic rings. The second-order valence-electron chi connectivity index (χ2n) is 5.23. The summed E-state index contributed by atoms with van der Waals surface area (Å²) in [5, 5.41) is 2.85. The van der Waals surface area contributed by atoms with E-state index in [-0.39, 0.29) is 17.9 Å². The van der Waals surface area contributed by atoms with Crippen LogP contribution in [0.3, 0.4) is 0 Å². The summed E-state index contributed by atoms with van der Waals surface area (Å²) in [4.78, 5) is 23.6. The zero-order chi connectivity index (χ0) is 15.7. The van der Waals surface area contributed by atoms with E-state index in [4.69, 9.17) is 4.74 Å². The third kappa shape index (κ3) is 6.43. The molecule has 0 spiro atoms. The lowest BCUT2D eigenvalue weighted by Crippen LogP contribution is -2.37. The number of esters is 1. The van der Waals surface area contributed by atoms with E-state index in [1.54, 1.807) is 6.92 Å². The largest absolute Gasteiger partial charge is 0.453 e. The molecule has 116 valence electrons. The molecule has 21 heavy (non-hydrogen) atoms. The number of hydrogen-bond acceptors (Lipinski definition) is 3. The van der Waals surface area contributed by atoms with E-state index >= 15 is 0 Å². The Balaban J connectivity index is 2.38. The Morgan fingerprint density at radius 3 is 2.43 bits per heavy atom. The lowest BCUT2D eigenvalue weighted by atomic mass is 10.1. The van der Waals surface area contributed by atoms with E-state index in [9.17, 15) is 9.59 Å². The third-order valence-corrected chi connectivity index (χ3v) is 3.32. The molecule has 0 saturated carbocycles. The Bertz CT molecular complexity index is 445. The zero-order valence-corrected chi connectivity index (χ0v) is 13.1. The maximum Gasteiger partial charge on any atom is 0.306 e. The second-order valence-corrected chi connectivity index (χ2v) is 5.23. The van der Waals surface area contributed by atoms with Gasteiger partial charge in [-0.3, -0.25) is 9.59 Å². The minimum Gasteiger partial charge on any atom is -0.453 e. The van der Waals surface area contributed by atoms with Crippen LogP contribution in [0.5, 0.6) is 0 Å². The molecule has 0 aliphatic carbocycles. The number of nitrogens with one attached hydrogen (secondary N) is 1. The predicted octanol–water partition coefficient (Wildman–Crippen LogP) is 3.38. The molecule has 4 nitrogen and oxygen atoms in total. The summed E-state index contributed by atoms with van der Waals surface area (Å²) in [5.41, 5.74) is 1.02. The first-order valence-electron chi connectivity index (χ1n) is 7.59. The Morgan fingerprint density at radius 1 is 1.14 bits per heavy atom. The molecule has 0 aromatic heterocycles. The molecule has 4 heteroatoms. The number of rotatable bonds is 8. The standard InChI is InChI=1S/C17H25NO3/c1-4-5-7-12-16(19)21-14(3)17(20)18-13(2)15-10-8-6-9-11-15/h6,8-11,13-14H,4-5,7,12H2,1-3H3,(H,18,20). The first-order chi connectivity index (χ1) is 10.0. The molecule has 0 aliphatic heterocycles. The van der Waals surface area contributed by atoms with Gasteiger partial charge in [0.2, 0.25) is 0 Å². The number of carbonyl (C=O) groups excluding carboxylic acids is 2. The zero-order valence-electron chi connectivity index (χ0n) is 13.1. The number of ether oxygens (including phenoxy) is 1. The van der Waals surface area contributed by atoms with Gasteiger partial charge in [-0.2, -0.15) is 0 Å². The van der Waals surface area contributed by atoms with Crippen LogP contribution >= 0.6 is 0 Å². The van der Waals surface area contributed by atoms with Gasteiger partial charge < -0.3 is 10.1 Å². The van der Waals surface area contributed by atoms with Crippen molar-refractivity contribution in [1.29, 1.82) is 0 Å². The van der Waals surface area contributed by atoms with Crippen molar-refractivity contribution in [3.8, 4) is 0 Å². The van der Waals surface area contributed by atoms with Gasteiger partial charge >= 0.3 is 5.97 Å². The van der Waals surface area contributed by atoms with E-state index in [0.717, 1.165) is 24.8 Å². The monoisotopic (exact) mass is 291 g/mol. The van der Waals surface area contributed by atoms with Gasteiger partial charge in [0.05, 0.1) is 6.04 Å². The molecule has 2 atom stereocenters. The summed E-state index contributed by atoms with van der Waals surface area (Å²) in [6, 6.07) is 9.57. The Hall–Kier alpha value is -1.84. The molecule has 0 fully saturated rings. The van der Waals surface area contributed by atoms with Gasteiger partial charge in [0, 0.05) is 6.42 Å². The Morgan fingerprint density at radius 2 is 1.81 bits per heavy atom. The van der Waals surface area contributed by atoms with Gasteiger partial charge in [0.1, 0.15) is 0 Å². The van der Waals surface area contributed by atoms with Crippen molar-refractivity contribution in [1.82, 2.24) is 5.32 Å². The molecule has 1 N–H and O–H groups in total. The molecule has 0 saturated heterocycles. The summed E-state index contributed by atoms with van der Waals surface area (Å²) >= 11 is 0. The first-order valence-corrected chi connectivity index (χ1v) is 7.59. The fourth-order valence-corrected chi connectivity index (χ4v) is 1.98. The van der Waals surface area contributed by atoms with Gasteiger partial charge in [-0.25, -0.2) is 0 Å². The van der Waals surface area contributed by atoms with E-state index in [2.05, 4.69) is 12.2 Å². The quantitative estimate of drug-likeness (QED) is 0.590. The summed E-state index contributed by atoms with van der Waals surface area (Å²) < 4.78 is 5.14. The number of carbonyl (C=O) groups is 2. The van der Waals surface area contributed by atoms with Crippen LogP contribution in [0.2, 0.25) is 0 Å². The molecule has 0 bridgehead atoms. The summed E-state index contributed by atoms with van der Waals surface area (Å²) in [5.74, 6) is -0.575. The number of benzene rings is 1. The fourth-order valence-electron chi connectivity index (χ4n) is 1.98. The molecule has 0 aliphatic rings. The van der Waals surface area contributed by atoms with Gasteiger partial charge in [-0.1, -0.05) is 50.1 Å². The third-order valence-electron chi connectivity index (χ3n) is 3.32. The van der Waals surface area contributed by atoms with Crippen LogP contribution < -0.4 is 5.32 Å². The smallest absolute Gasteiger partial charge is 0.306 e. The van der Waals surface area contributed by atoms with Crippen molar-refractivity contribution in [3.63, 3.8) is 0 Å². The number of amides is 1. The predicted molar refractivity (Wildman–Crippen MR) is 82.7 cm³/mol. The highest BCUT2D eigenvalue weighted by Gasteiger charge is 2.19. The number of hydrogen-bond donors (Lipinski definition) is 1. The number of unbranched alkanes of at least 4 members (excludes halogenated alkanes) is 2. The van der Waals surface area contributed by atoms with Crippen molar-refractivity contribution >= 4 is 11.9 Å². The van der Waals surface area contributed by atoms with Crippen molar-refractivity contribution in [2.24, 2.45) is 0 Å². The van der Waals surface area contributed by atoms with E-state index in [0.29, 0.717) is 6.42 Å². The lowest BCUT2D eigenvalue weighted by molar-refractivity contribution is -0.155. The van der Waals surface area contributed by atoms with Crippen molar-refractivity contribution in [3.05, 3.63) is 35.9 Å². The van der Waals surface area contributed by atoms with Crippen molar-refractivity contribution < 1.29 is 14.3 Å². The van der Waals surface area contributed by atoms with Gasteiger partial charge in [-0.15, -0.1) is 0 Å². The SMILES string of the molecule is CCCCCC(=O)OC(C)C(=O)NC(C)c1ccccc1. The minimum absolute atomic E-state index is 0.111. The molecule has 1 aromatic carbocycles. The van der Waals surface area contributed by atoms with Crippen LogP contribution in [0.15, 0.2) is 30.3 Å². The normalized spacial score (nSPS) is 13.3. The summed E-state index contributed by atoms with van der Waals surface area (Å²) in [7, 11) is 0. The van der Waals surface area contributed by atoms with E-state index < -0.39 is 6.10 Å². The molecule has 1 amide bonds. The summed E-state index contributed by atoms with van der Waals surface area (Å²) in [6.07, 6.45) is 2.48. The lowest BCUT2D eigenvalue weighted by Gasteiger charge is -2.18. The second kappa shape index (κ2) is 9.16. The molecular formula is C17H25NO3. The van der Waals surface area contributed by atoms with E-state index in [1.807, 2.05) is 37.3 Å². The average Bonchev–Trinajstić information content (AvgIpc) is 2.48. The summed E-state index contributed by atoms with van der Waals surface area (Å²) in [6.45, 7) is 5.58. The van der Waals surface area contributed by atoms with Gasteiger partial charge in [-0.05, 0) is 25.8 Å². The van der Waals surface area contributed by atoms with E-state index in [1.165, 1.54) is 0 Å². The van der Waals surface area contributed by atoms with Crippen molar-refractivity contribution in [2.45, 2.75) is 58.6 Å². The van der Waals surface area contributed by atoms with Crippen LogP contribution in [0, 0.1) is 0 Å². The highest BCUT2D eigenvalue weighted by molar-refractivity contribution is 5.83. The first kappa shape index (κ1) is 17.2. The van der Waals surface area contributed by atoms with Crippen LogP contribution in [0.25, 0.3) is 0 Å².